The maximum absolute atomic E-state index is 11.0. The number of carboxylic acids is 1. The van der Waals surface area contributed by atoms with Gasteiger partial charge in [-0.3, -0.25) is 4.79 Å². The third-order valence-electron chi connectivity index (χ3n) is 3.25. The van der Waals surface area contributed by atoms with Crippen molar-refractivity contribution >= 4 is 17.3 Å². The average molecular weight is 241 g/mol. The number of carbonyl (C=O) groups is 1. The molecule has 0 amide bonds. The maximum Gasteiger partial charge on any atom is 0.307 e. The Bertz CT molecular complexity index is 413. The summed E-state index contributed by atoms with van der Waals surface area (Å²) >= 11 is 1.53. The van der Waals surface area contributed by atoms with Crippen molar-refractivity contribution in [3.63, 3.8) is 0 Å². The van der Waals surface area contributed by atoms with Gasteiger partial charge in [0.2, 0.25) is 0 Å². The number of thiazole rings is 1. The van der Waals surface area contributed by atoms with Gasteiger partial charge in [0, 0.05) is 18.4 Å². The lowest BCUT2D eigenvalue weighted by Crippen LogP contribution is -2.03. The second-order valence-electron chi connectivity index (χ2n) is 4.71. The zero-order valence-electron chi connectivity index (χ0n) is 9.56. The molecule has 4 nitrogen and oxygen atoms in total. The monoisotopic (exact) mass is 241 g/mol. The second-order valence-corrected chi connectivity index (χ2v) is 5.66. The van der Waals surface area contributed by atoms with E-state index in [9.17, 15) is 4.79 Å². The van der Waals surface area contributed by atoms with Crippen LogP contribution < -0.4 is 0 Å². The van der Waals surface area contributed by atoms with E-state index in [0.29, 0.717) is 6.61 Å². The molecule has 0 saturated heterocycles. The Morgan fingerprint density at radius 3 is 2.88 bits per heavy atom. The minimum absolute atomic E-state index is 0.0480. The number of aromatic nitrogens is 1. The van der Waals surface area contributed by atoms with Crippen LogP contribution in [0.1, 0.15) is 30.5 Å². The molecule has 16 heavy (non-hydrogen) atoms. The highest BCUT2D eigenvalue weighted by Crippen LogP contribution is 2.64. The lowest BCUT2D eigenvalue weighted by atomic mass is 10.1. The molecular weight excluding hydrogens is 226 g/mol. The van der Waals surface area contributed by atoms with E-state index in [1.807, 2.05) is 19.2 Å². The van der Waals surface area contributed by atoms with E-state index in [2.05, 4.69) is 4.98 Å². The predicted molar refractivity (Wildman–Crippen MR) is 60.5 cm³/mol. The third kappa shape index (κ3) is 1.74. The van der Waals surface area contributed by atoms with Crippen LogP contribution in [0.5, 0.6) is 0 Å². The van der Waals surface area contributed by atoms with Crippen molar-refractivity contribution in [3.8, 4) is 0 Å². The quantitative estimate of drug-likeness (QED) is 0.877. The molecule has 88 valence electrons. The molecule has 1 N–H and O–H groups in total. The average Bonchev–Trinajstić information content (AvgIpc) is 2.57. The van der Waals surface area contributed by atoms with Crippen LogP contribution in [-0.4, -0.2) is 23.2 Å². The molecule has 0 aromatic carbocycles. The Morgan fingerprint density at radius 1 is 1.69 bits per heavy atom. The van der Waals surface area contributed by atoms with Crippen LogP contribution in [0.3, 0.4) is 0 Å². The van der Waals surface area contributed by atoms with Crippen LogP contribution in [0.2, 0.25) is 0 Å². The lowest BCUT2D eigenvalue weighted by molar-refractivity contribution is -0.139. The van der Waals surface area contributed by atoms with Crippen molar-refractivity contribution in [3.05, 3.63) is 16.1 Å². The molecule has 0 aliphatic heterocycles. The standard InChI is InChI=1S/C11H15NO3S/c1-11(2)8(9(11)10(13)14)6-5-16-7(12-6)4-15-3/h5,8-9H,4H2,1-3H3,(H,13,14)/t8-,9+/m0/s1. The van der Waals surface area contributed by atoms with E-state index in [0.717, 1.165) is 10.7 Å². The van der Waals surface area contributed by atoms with Crippen molar-refractivity contribution in [2.24, 2.45) is 11.3 Å². The summed E-state index contributed by atoms with van der Waals surface area (Å²) in [5, 5.41) is 11.9. The molecule has 2 rings (SSSR count). The van der Waals surface area contributed by atoms with Gasteiger partial charge in [0.1, 0.15) is 5.01 Å². The Labute approximate surface area is 98.3 Å². The molecule has 0 unspecified atom stereocenters. The minimum atomic E-state index is -0.726. The molecule has 0 radical (unpaired) electrons. The topological polar surface area (TPSA) is 59.4 Å². The molecule has 1 aromatic rings. The molecule has 2 atom stereocenters. The summed E-state index contributed by atoms with van der Waals surface area (Å²) in [4.78, 5) is 15.5. The van der Waals surface area contributed by atoms with Gasteiger partial charge in [-0.25, -0.2) is 4.98 Å². The maximum atomic E-state index is 11.0. The molecule has 1 aromatic heterocycles. The first kappa shape index (κ1) is 11.5. The Morgan fingerprint density at radius 2 is 2.38 bits per heavy atom. The van der Waals surface area contributed by atoms with E-state index in [1.165, 1.54) is 11.3 Å². The Kier molecular flexibility index (Phi) is 2.75. The van der Waals surface area contributed by atoms with Crippen LogP contribution in [0.4, 0.5) is 0 Å². The number of carboxylic acid groups (broad SMARTS) is 1. The number of rotatable bonds is 4. The predicted octanol–water partition coefficient (Wildman–Crippen LogP) is 2.11. The molecule has 1 aliphatic rings. The van der Waals surface area contributed by atoms with Gasteiger partial charge in [-0.1, -0.05) is 13.8 Å². The highest BCUT2D eigenvalue weighted by molar-refractivity contribution is 7.09. The van der Waals surface area contributed by atoms with Crippen LogP contribution in [0.15, 0.2) is 5.38 Å². The number of methoxy groups -OCH3 is 1. The minimum Gasteiger partial charge on any atom is -0.481 e. The molecule has 1 fully saturated rings. The van der Waals surface area contributed by atoms with E-state index in [4.69, 9.17) is 9.84 Å². The molecule has 0 bridgehead atoms. The Hall–Kier alpha value is -0.940. The second kappa shape index (κ2) is 3.82. The summed E-state index contributed by atoms with van der Waals surface area (Å²) in [5.41, 5.74) is 0.721. The first-order valence-corrected chi connectivity index (χ1v) is 6.02. The smallest absolute Gasteiger partial charge is 0.307 e. The van der Waals surface area contributed by atoms with Gasteiger partial charge in [-0.2, -0.15) is 0 Å². The van der Waals surface area contributed by atoms with Crippen molar-refractivity contribution in [2.45, 2.75) is 26.4 Å². The molecular formula is C11H15NO3S. The largest absolute Gasteiger partial charge is 0.481 e. The summed E-state index contributed by atoms with van der Waals surface area (Å²) in [6.45, 7) is 4.45. The number of hydrogen-bond acceptors (Lipinski definition) is 4. The Balaban J connectivity index is 2.17. The van der Waals surface area contributed by atoms with Crippen LogP contribution in [0, 0.1) is 11.3 Å². The number of aliphatic carboxylic acids is 1. The summed E-state index contributed by atoms with van der Waals surface area (Å²) in [6, 6.07) is 0. The highest BCUT2D eigenvalue weighted by atomic mass is 32.1. The number of nitrogens with zero attached hydrogens (tertiary/aromatic N) is 1. The van der Waals surface area contributed by atoms with Gasteiger partial charge in [0.25, 0.3) is 0 Å². The van der Waals surface area contributed by atoms with E-state index >= 15 is 0 Å². The SMILES string of the molecule is COCc1nc([C@H]2[C@H](C(=O)O)C2(C)C)cs1. The van der Waals surface area contributed by atoms with E-state index < -0.39 is 5.97 Å². The van der Waals surface area contributed by atoms with Gasteiger partial charge in [-0.15, -0.1) is 11.3 Å². The number of hydrogen-bond donors (Lipinski definition) is 1. The zero-order chi connectivity index (χ0) is 11.9. The van der Waals surface area contributed by atoms with Gasteiger partial charge < -0.3 is 9.84 Å². The summed E-state index contributed by atoms with van der Waals surface area (Å²) in [6.07, 6.45) is 0. The van der Waals surface area contributed by atoms with Gasteiger partial charge in [0.15, 0.2) is 0 Å². The van der Waals surface area contributed by atoms with E-state index in [-0.39, 0.29) is 17.3 Å². The summed E-state index contributed by atoms with van der Waals surface area (Å²) in [5.74, 6) is -0.979. The van der Waals surface area contributed by atoms with Crippen LogP contribution >= 0.6 is 11.3 Å². The zero-order valence-corrected chi connectivity index (χ0v) is 10.4. The summed E-state index contributed by atoms with van der Waals surface area (Å²) in [7, 11) is 1.63. The van der Waals surface area contributed by atoms with Gasteiger partial charge >= 0.3 is 5.97 Å². The van der Waals surface area contributed by atoms with Crippen molar-refractivity contribution < 1.29 is 14.6 Å². The van der Waals surface area contributed by atoms with Gasteiger partial charge in [-0.05, 0) is 5.41 Å². The fourth-order valence-corrected chi connectivity index (χ4v) is 3.11. The fourth-order valence-electron chi connectivity index (χ4n) is 2.31. The van der Waals surface area contributed by atoms with E-state index in [1.54, 1.807) is 7.11 Å². The van der Waals surface area contributed by atoms with Crippen molar-refractivity contribution in [2.75, 3.05) is 7.11 Å². The molecule has 0 spiro atoms. The van der Waals surface area contributed by atoms with Crippen molar-refractivity contribution in [1.29, 1.82) is 0 Å². The molecule has 1 saturated carbocycles. The molecule has 1 heterocycles. The first-order chi connectivity index (χ1) is 7.48. The number of ether oxygens (including phenoxy) is 1. The van der Waals surface area contributed by atoms with Crippen molar-refractivity contribution in [1.82, 2.24) is 4.98 Å². The van der Waals surface area contributed by atoms with Crippen LogP contribution in [0.25, 0.3) is 0 Å². The van der Waals surface area contributed by atoms with Gasteiger partial charge in [0.05, 0.1) is 18.2 Å². The normalized spacial score (nSPS) is 26.7. The first-order valence-electron chi connectivity index (χ1n) is 5.14. The third-order valence-corrected chi connectivity index (χ3v) is 4.09. The summed E-state index contributed by atoms with van der Waals surface area (Å²) < 4.78 is 5.00. The lowest BCUT2D eigenvalue weighted by Gasteiger charge is -1.98. The highest BCUT2D eigenvalue weighted by Gasteiger charge is 2.63. The van der Waals surface area contributed by atoms with Crippen LogP contribution in [-0.2, 0) is 16.1 Å². The molecule has 1 aliphatic carbocycles. The molecule has 5 heteroatoms. The fraction of sp³-hybridized carbons (Fsp3) is 0.636.